The number of nitrogens with zero attached hydrogens (tertiary/aromatic N) is 3. The molecule has 1 aliphatic heterocycles. The fraction of sp³-hybridized carbons (Fsp3) is 0.267. The predicted octanol–water partition coefficient (Wildman–Crippen LogP) is -0.359. The fourth-order valence-electron chi connectivity index (χ4n) is 1.98. The monoisotopic (exact) mass is 441 g/mol. The Kier molecular flexibility index (Phi) is 6.98. The van der Waals surface area contributed by atoms with Crippen molar-refractivity contribution in [3.63, 3.8) is 0 Å². The zero-order valence-electron chi connectivity index (χ0n) is 13.7. The molecule has 0 aliphatic carbocycles. The summed E-state index contributed by atoms with van der Waals surface area (Å²) in [5.74, 6) is -2.74. The van der Waals surface area contributed by atoms with Crippen molar-refractivity contribution in [2.45, 2.75) is 12.2 Å². The van der Waals surface area contributed by atoms with Crippen molar-refractivity contribution in [2.75, 3.05) is 18.4 Å². The average Bonchev–Trinajstić information content (AvgIpc) is 3.16. The van der Waals surface area contributed by atoms with E-state index < -0.39 is 24.1 Å². The third kappa shape index (κ3) is 5.32. The molecule has 1 aromatic carbocycles. The van der Waals surface area contributed by atoms with Crippen LogP contribution in [0.1, 0.15) is 0 Å². The molecule has 144 valence electrons. The largest absolute Gasteiger partial charge is 0.479 e. The number of aliphatic carboxylic acids is 2. The molecule has 0 radical (unpaired) electrons. The van der Waals surface area contributed by atoms with Gasteiger partial charge in [-0.15, -0.1) is 0 Å². The van der Waals surface area contributed by atoms with Crippen molar-refractivity contribution in [1.29, 1.82) is 0 Å². The van der Waals surface area contributed by atoms with Gasteiger partial charge in [-0.25, -0.2) is 9.59 Å². The molecule has 0 saturated heterocycles. The van der Waals surface area contributed by atoms with Crippen LogP contribution in [0.3, 0.4) is 0 Å². The van der Waals surface area contributed by atoms with Gasteiger partial charge in [0.15, 0.2) is 18.2 Å². The van der Waals surface area contributed by atoms with E-state index in [0.29, 0.717) is 0 Å². The van der Waals surface area contributed by atoms with Crippen LogP contribution in [0, 0.1) is 0 Å². The van der Waals surface area contributed by atoms with Gasteiger partial charge in [0.2, 0.25) is 0 Å². The van der Waals surface area contributed by atoms with Crippen molar-refractivity contribution in [3.8, 4) is 0 Å². The van der Waals surface area contributed by atoms with E-state index in [1.54, 1.807) is 12.4 Å². The summed E-state index contributed by atoms with van der Waals surface area (Å²) < 4.78 is 0.902. The molecule has 0 spiro atoms. The van der Waals surface area contributed by atoms with Crippen LogP contribution >= 0.6 is 15.9 Å². The number of nitrogens with one attached hydrogen (secondary N) is 2. The second-order valence-corrected chi connectivity index (χ2v) is 5.99. The molecule has 0 saturated carbocycles. The normalized spacial score (nSPS) is 15.0. The molecule has 3 rings (SSSR count). The summed E-state index contributed by atoms with van der Waals surface area (Å²) in [6, 6.07) is 3.90. The summed E-state index contributed by atoms with van der Waals surface area (Å²) in [7, 11) is 0. The van der Waals surface area contributed by atoms with Gasteiger partial charge in [0.05, 0.1) is 22.2 Å². The number of carbonyl (C=O) groups is 2. The highest BCUT2D eigenvalue weighted by Crippen LogP contribution is 2.28. The Morgan fingerprint density at radius 2 is 1.74 bits per heavy atom. The van der Waals surface area contributed by atoms with Crippen LogP contribution in [-0.4, -0.2) is 73.6 Å². The minimum absolute atomic E-state index is 0.800. The smallest absolute Gasteiger partial charge is 0.335 e. The van der Waals surface area contributed by atoms with Gasteiger partial charge in [-0.3, -0.25) is 15.0 Å². The molecule has 6 N–H and O–H groups in total. The minimum Gasteiger partial charge on any atom is -0.479 e. The SMILES string of the molecule is Brc1c(NC2=NCCN2)ccc2nccnc12.O=C(O)[C@@H](O)[C@H](O)C(=O)O. The molecule has 0 unspecified atom stereocenters. The third-order valence-electron chi connectivity index (χ3n) is 3.31. The lowest BCUT2D eigenvalue weighted by Gasteiger charge is -2.09. The topological polar surface area (TPSA) is 177 Å². The first kappa shape index (κ1) is 20.5. The number of rotatable bonds is 4. The maximum atomic E-state index is 9.77. The second kappa shape index (κ2) is 9.21. The zero-order valence-corrected chi connectivity index (χ0v) is 15.3. The minimum atomic E-state index is -2.27. The van der Waals surface area contributed by atoms with Crippen molar-refractivity contribution >= 4 is 50.5 Å². The third-order valence-corrected chi connectivity index (χ3v) is 4.11. The molecular weight excluding hydrogens is 426 g/mol. The number of aliphatic imine (C=N–C) groups is 1. The van der Waals surface area contributed by atoms with Crippen molar-refractivity contribution in [2.24, 2.45) is 4.99 Å². The summed E-state index contributed by atoms with van der Waals surface area (Å²) in [6.45, 7) is 1.70. The number of aliphatic hydroxyl groups excluding tert-OH is 2. The highest BCUT2D eigenvalue weighted by atomic mass is 79.9. The molecular formula is C15H16BrN5O6. The predicted molar refractivity (Wildman–Crippen MR) is 98.5 cm³/mol. The Labute approximate surface area is 160 Å². The van der Waals surface area contributed by atoms with Gasteiger partial charge in [0.1, 0.15) is 5.52 Å². The van der Waals surface area contributed by atoms with Gasteiger partial charge >= 0.3 is 11.9 Å². The number of aromatic nitrogens is 2. The first-order chi connectivity index (χ1) is 12.8. The number of hydrogen-bond acceptors (Lipinski definition) is 9. The number of carboxylic acids is 2. The molecule has 1 aromatic heterocycles. The van der Waals surface area contributed by atoms with E-state index in [4.69, 9.17) is 20.4 Å². The molecule has 2 aromatic rings. The van der Waals surface area contributed by atoms with Crippen LogP contribution in [0.25, 0.3) is 11.0 Å². The first-order valence-electron chi connectivity index (χ1n) is 7.57. The van der Waals surface area contributed by atoms with E-state index in [-0.39, 0.29) is 0 Å². The highest BCUT2D eigenvalue weighted by molar-refractivity contribution is 9.10. The lowest BCUT2D eigenvalue weighted by Crippen LogP contribution is -2.39. The lowest BCUT2D eigenvalue weighted by molar-refractivity contribution is -0.165. The van der Waals surface area contributed by atoms with E-state index in [1.807, 2.05) is 12.1 Å². The number of halogens is 1. The standard InChI is InChI=1S/C11H10BrN5.C4H6O6/c12-9-7(17-11-15-5-6-16-11)1-2-8-10(9)14-4-3-13-8;5-1(3(7)8)2(6)4(9)10/h1-4H,5-6H2,(H2,15,16,17);1-2,5-6H,(H,7,8)(H,9,10)/t;1-,2-/m.0/s1. The maximum absolute atomic E-state index is 9.77. The number of fused-ring (bicyclic) bond motifs is 1. The molecule has 2 atom stereocenters. The number of guanidine groups is 1. The molecule has 12 heteroatoms. The summed E-state index contributed by atoms with van der Waals surface area (Å²) in [5.41, 5.74) is 2.65. The molecule has 0 amide bonds. The van der Waals surface area contributed by atoms with Gasteiger partial charge in [0.25, 0.3) is 0 Å². The average molecular weight is 442 g/mol. The Morgan fingerprint density at radius 1 is 1.11 bits per heavy atom. The highest BCUT2D eigenvalue weighted by Gasteiger charge is 2.29. The molecule has 11 nitrogen and oxygen atoms in total. The van der Waals surface area contributed by atoms with Gasteiger partial charge in [0, 0.05) is 18.9 Å². The summed E-state index contributed by atoms with van der Waals surface area (Å²) in [4.78, 5) is 32.4. The van der Waals surface area contributed by atoms with E-state index >= 15 is 0 Å². The maximum Gasteiger partial charge on any atom is 0.335 e. The van der Waals surface area contributed by atoms with Crippen LogP contribution in [0.4, 0.5) is 5.69 Å². The number of hydrogen-bond donors (Lipinski definition) is 6. The Hall–Kier alpha value is -2.83. The first-order valence-corrected chi connectivity index (χ1v) is 8.37. The van der Waals surface area contributed by atoms with Gasteiger partial charge < -0.3 is 31.1 Å². The van der Waals surface area contributed by atoms with Crippen LogP contribution < -0.4 is 10.6 Å². The summed E-state index contributed by atoms with van der Waals surface area (Å²) in [5, 5.41) is 38.9. The van der Waals surface area contributed by atoms with Crippen LogP contribution in [0.2, 0.25) is 0 Å². The van der Waals surface area contributed by atoms with Crippen LogP contribution in [0.15, 0.2) is 34.0 Å². The number of benzene rings is 1. The zero-order chi connectivity index (χ0) is 20.0. The van der Waals surface area contributed by atoms with E-state index in [0.717, 1.165) is 40.2 Å². The molecule has 0 bridgehead atoms. The van der Waals surface area contributed by atoms with Crippen molar-refractivity contribution in [1.82, 2.24) is 15.3 Å². The Bertz CT molecular complexity index is 859. The Balaban J connectivity index is 0.000000227. The van der Waals surface area contributed by atoms with Gasteiger partial charge in [-0.1, -0.05) is 0 Å². The molecule has 1 aliphatic rings. The molecule has 27 heavy (non-hydrogen) atoms. The summed E-state index contributed by atoms with van der Waals surface area (Å²) in [6.07, 6.45) is -1.16. The number of anilines is 1. The van der Waals surface area contributed by atoms with Crippen molar-refractivity contribution in [3.05, 3.63) is 29.0 Å². The fourth-order valence-corrected chi connectivity index (χ4v) is 2.52. The van der Waals surface area contributed by atoms with E-state index in [2.05, 4.69) is 41.5 Å². The summed E-state index contributed by atoms with van der Waals surface area (Å²) >= 11 is 3.54. The van der Waals surface area contributed by atoms with E-state index in [9.17, 15) is 9.59 Å². The quantitative estimate of drug-likeness (QED) is 0.367. The van der Waals surface area contributed by atoms with Crippen LogP contribution in [0.5, 0.6) is 0 Å². The number of carboxylic acid groups (broad SMARTS) is 2. The van der Waals surface area contributed by atoms with Crippen molar-refractivity contribution < 1.29 is 30.0 Å². The molecule has 2 heterocycles. The second-order valence-electron chi connectivity index (χ2n) is 5.20. The van der Waals surface area contributed by atoms with E-state index in [1.165, 1.54) is 0 Å². The molecule has 0 fully saturated rings. The van der Waals surface area contributed by atoms with Gasteiger partial charge in [-0.2, -0.15) is 0 Å². The Morgan fingerprint density at radius 3 is 2.30 bits per heavy atom. The van der Waals surface area contributed by atoms with Crippen LogP contribution in [-0.2, 0) is 9.59 Å². The lowest BCUT2D eigenvalue weighted by atomic mass is 10.2. The number of aliphatic hydroxyl groups is 2. The van der Waals surface area contributed by atoms with Gasteiger partial charge in [-0.05, 0) is 28.1 Å².